The summed E-state index contributed by atoms with van der Waals surface area (Å²) < 4.78 is 0. The number of hydrogen-bond donors (Lipinski definition) is 2. The van der Waals surface area contributed by atoms with Crippen molar-refractivity contribution < 1.29 is 9.59 Å². The van der Waals surface area contributed by atoms with E-state index in [-0.39, 0.29) is 17.7 Å². The van der Waals surface area contributed by atoms with Gasteiger partial charge in [0.2, 0.25) is 11.8 Å². The molecule has 3 rings (SSSR count). The third-order valence-corrected chi connectivity index (χ3v) is 5.61. The maximum Gasteiger partial charge on any atom is 0.223 e. The lowest BCUT2D eigenvalue weighted by Gasteiger charge is -2.36. The van der Waals surface area contributed by atoms with Gasteiger partial charge in [-0.2, -0.15) is 0 Å². The summed E-state index contributed by atoms with van der Waals surface area (Å²) in [4.78, 5) is 28.9. The molecule has 2 N–H and O–H groups in total. The lowest BCUT2D eigenvalue weighted by atomic mass is 9.92. The maximum absolute atomic E-state index is 12.4. The summed E-state index contributed by atoms with van der Waals surface area (Å²) in [6.07, 6.45) is 3.02. The number of nitrogens with one attached hydrogen (secondary N) is 2. The first-order valence-corrected chi connectivity index (χ1v) is 10.2. The molecule has 2 heterocycles. The molecule has 6 nitrogen and oxygen atoms in total. The molecule has 0 saturated carbocycles. The summed E-state index contributed by atoms with van der Waals surface area (Å²) in [5.74, 6) is 0.461. The number of piperidine rings is 1. The van der Waals surface area contributed by atoms with E-state index in [0.29, 0.717) is 25.4 Å². The minimum atomic E-state index is 0.114. The first kappa shape index (κ1) is 19.7. The molecule has 2 fully saturated rings. The second-order valence-corrected chi connectivity index (χ2v) is 7.67. The molecule has 27 heavy (non-hydrogen) atoms. The third kappa shape index (κ3) is 5.70. The predicted octanol–water partition coefficient (Wildman–Crippen LogP) is 1.62. The van der Waals surface area contributed by atoms with E-state index in [1.807, 2.05) is 23.1 Å². The Morgan fingerprint density at radius 3 is 2.59 bits per heavy atom. The van der Waals surface area contributed by atoms with Gasteiger partial charge in [0, 0.05) is 56.8 Å². The van der Waals surface area contributed by atoms with Crippen LogP contribution in [-0.2, 0) is 9.59 Å². The average molecular weight is 373 g/mol. The Morgan fingerprint density at radius 2 is 1.89 bits per heavy atom. The first-order chi connectivity index (χ1) is 13.1. The molecule has 2 saturated heterocycles. The molecule has 0 radical (unpaired) electrons. The lowest BCUT2D eigenvalue weighted by Crippen LogP contribution is -2.48. The van der Waals surface area contributed by atoms with Crippen LogP contribution < -0.4 is 15.5 Å². The van der Waals surface area contributed by atoms with Crippen LogP contribution in [0.25, 0.3) is 0 Å². The molecular formula is C21H32N4O2. The van der Waals surface area contributed by atoms with E-state index in [9.17, 15) is 9.59 Å². The van der Waals surface area contributed by atoms with Gasteiger partial charge in [-0.05, 0) is 44.9 Å². The van der Waals surface area contributed by atoms with Crippen LogP contribution in [0.4, 0.5) is 5.69 Å². The van der Waals surface area contributed by atoms with Crippen LogP contribution in [0.5, 0.6) is 0 Å². The summed E-state index contributed by atoms with van der Waals surface area (Å²) >= 11 is 0. The molecule has 0 unspecified atom stereocenters. The number of nitrogens with zero attached hydrogens (tertiary/aromatic N) is 2. The number of benzene rings is 1. The Morgan fingerprint density at radius 1 is 1.15 bits per heavy atom. The van der Waals surface area contributed by atoms with Crippen LogP contribution in [0.1, 0.15) is 32.6 Å². The molecule has 2 aliphatic heterocycles. The molecule has 148 valence electrons. The smallest absolute Gasteiger partial charge is 0.223 e. The average Bonchev–Trinajstić information content (AvgIpc) is 2.71. The topological polar surface area (TPSA) is 64.7 Å². The van der Waals surface area contributed by atoms with Gasteiger partial charge in [-0.15, -0.1) is 0 Å². The van der Waals surface area contributed by atoms with Crippen molar-refractivity contribution in [3.05, 3.63) is 30.3 Å². The van der Waals surface area contributed by atoms with Gasteiger partial charge in [0.15, 0.2) is 0 Å². The fraction of sp³-hybridized carbons (Fsp3) is 0.619. The van der Waals surface area contributed by atoms with E-state index in [0.717, 1.165) is 45.6 Å². The normalized spacial score (nSPS) is 23.1. The van der Waals surface area contributed by atoms with E-state index in [4.69, 9.17) is 0 Å². The number of carbonyl (C=O) groups is 2. The van der Waals surface area contributed by atoms with Gasteiger partial charge in [0.25, 0.3) is 0 Å². The summed E-state index contributed by atoms with van der Waals surface area (Å²) in [5.41, 5.74) is 1.22. The Kier molecular flexibility index (Phi) is 7.10. The summed E-state index contributed by atoms with van der Waals surface area (Å²) in [5, 5.41) is 6.38. The monoisotopic (exact) mass is 372 g/mol. The van der Waals surface area contributed by atoms with Gasteiger partial charge >= 0.3 is 0 Å². The van der Waals surface area contributed by atoms with Crippen molar-refractivity contribution in [2.75, 3.05) is 44.2 Å². The molecule has 2 atom stereocenters. The highest BCUT2D eigenvalue weighted by atomic mass is 16.2. The third-order valence-electron chi connectivity index (χ3n) is 5.61. The van der Waals surface area contributed by atoms with Crippen molar-refractivity contribution in [3.8, 4) is 0 Å². The van der Waals surface area contributed by atoms with Crippen molar-refractivity contribution in [2.24, 2.45) is 5.92 Å². The lowest BCUT2D eigenvalue weighted by molar-refractivity contribution is -0.132. The molecule has 0 aromatic heterocycles. The summed E-state index contributed by atoms with van der Waals surface area (Å²) in [6.45, 7) is 6.91. The zero-order chi connectivity index (χ0) is 19.1. The zero-order valence-electron chi connectivity index (χ0n) is 16.3. The minimum Gasteiger partial charge on any atom is -0.368 e. The van der Waals surface area contributed by atoms with Crippen molar-refractivity contribution in [2.45, 2.75) is 38.6 Å². The molecule has 0 spiro atoms. The van der Waals surface area contributed by atoms with Crippen molar-refractivity contribution >= 4 is 17.5 Å². The van der Waals surface area contributed by atoms with Gasteiger partial charge in [0.05, 0.1) is 0 Å². The van der Waals surface area contributed by atoms with Crippen LogP contribution in [0, 0.1) is 5.92 Å². The largest absolute Gasteiger partial charge is 0.368 e. The number of anilines is 1. The summed E-state index contributed by atoms with van der Waals surface area (Å²) in [6, 6.07) is 10.8. The molecule has 6 heteroatoms. The van der Waals surface area contributed by atoms with Gasteiger partial charge in [-0.1, -0.05) is 18.2 Å². The Hall–Kier alpha value is -2.08. The molecule has 2 aliphatic rings. The van der Waals surface area contributed by atoms with E-state index < -0.39 is 0 Å². The second kappa shape index (κ2) is 9.74. The number of hydrogen-bond acceptors (Lipinski definition) is 4. The Labute approximate surface area is 162 Å². The number of amides is 2. The van der Waals surface area contributed by atoms with E-state index in [1.54, 1.807) is 0 Å². The van der Waals surface area contributed by atoms with E-state index in [1.165, 1.54) is 5.69 Å². The highest BCUT2D eigenvalue weighted by molar-refractivity contribution is 5.79. The van der Waals surface area contributed by atoms with Crippen LogP contribution in [0.2, 0.25) is 0 Å². The van der Waals surface area contributed by atoms with E-state index in [2.05, 4.69) is 34.6 Å². The Bertz CT molecular complexity index is 614. The van der Waals surface area contributed by atoms with Crippen LogP contribution in [0.15, 0.2) is 30.3 Å². The highest BCUT2D eigenvalue weighted by Crippen LogP contribution is 2.17. The fourth-order valence-corrected chi connectivity index (χ4v) is 3.98. The Balaban J connectivity index is 1.31. The number of carbonyl (C=O) groups excluding carboxylic acids is 2. The SMILES string of the molecule is C[C@H]1C[C@@H](C(=O)NCCCC(=O)N2CCN(c3ccccc3)CC2)CCN1. The van der Waals surface area contributed by atoms with Gasteiger partial charge in [-0.25, -0.2) is 0 Å². The van der Waals surface area contributed by atoms with E-state index >= 15 is 0 Å². The number of rotatable bonds is 6. The van der Waals surface area contributed by atoms with Crippen LogP contribution in [0.3, 0.4) is 0 Å². The van der Waals surface area contributed by atoms with Gasteiger partial charge in [0.1, 0.15) is 0 Å². The van der Waals surface area contributed by atoms with Crippen molar-refractivity contribution in [3.63, 3.8) is 0 Å². The van der Waals surface area contributed by atoms with Crippen molar-refractivity contribution in [1.29, 1.82) is 0 Å². The minimum absolute atomic E-state index is 0.114. The number of para-hydroxylation sites is 1. The molecular weight excluding hydrogens is 340 g/mol. The maximum atomic E-state index is 12.4. The van der Waals surface area contributed by atoms with Gasteiger partial charge in [-0.3, -0.25) is 9.59 Å². The molecule has 2 amide bonds. The van der Waals surface area contributed by atoms with Crippen LogP contribution >= 0.6 is 0 Å². The van der Waals surface area contributed by atoms with Crippen molar-refractivity contribution in [1.82, 2.24) is 15.5 Å². The molecule has 0 bridgehead atoms. The second-order valence-electron chi connectivity index (χ2n) is 7.67. The predicted molar refractivity (Wildman–Crippen MR) is 108 cm³/mol. The fourth-order valence-electron chi connectivity index (χ4n) is 3.98. The zero-order valence-corrected chi connectivity index (χ0v) is 16.3. The highest BCUT2D eigenvalue weighted by Gasteiger charge is 2.24. The number of piperazine rings is 1. The van der Waals surface area contributed by atoms with Gasteiger partial charge < -0.3 is 20.4 Å². The summed E-state index contributed by atoms with van der Waals surface area (Å²) in [7, 11) is 0. The quantitative estimate of drug-likeness (QED) is 0.745. The standard InChI is InChI=1S/C21H32N4O2/c1-17-16-18(9-11-22-17)21(27)23-10-5-8-20(26)25-14-12-24(13-15-25)19-6-3-2-4-7-19/h2-4,6-7,17-18,22H,5,8-16H2,1H3,(H,23,27)/t17-,18-/m0/s1. The molecule has 1 aromatic rings. The first-order valence-electron chi connectivity index (χ1n) is 10.2. The molecule has 1 aromatic carbocycles. The molecule has 0 aliphatic carbocycles. The van der Waals surface area contributed by atoms with Crippen LogP contribution in [-0.4, -0.2) is 62.0 Å².